The highest BCUT2D eigenvalue weighted by Gasteiger charge is 2.14. The first-order valence-corrected chi connectivity index (χ1v) is 10.4. The second-order valence-electron chi connectivity index (χ2n) is 7.01. The fourth-order valence-electron chi connectivity index (χ4n) is 3.24. The number of aliphatic imine (C=N–C) groups is 1. The molecule has 1 heterocycles. The lowest BCUT2D eigenvalue weighted by Gasteiger charge is -2.30. The first-order chi connectivity index (χ1) is 14.3. The van der Waals surface area contributed by atoms with Gasteiger partial charge in [0.2, 0.25) is 0 Å². The van der Waals surface area contributed by atoms with Gasteiger partial charge in [0, 0.05) is 25.3 Å². The molecule has 1 saturated heterocycles. The zero-order valence-electron chi connectivity index (χ0n) is 17.5. The van der Waals surface area contributed by atoms with Crippen molar-refractivity contribution in [2.75, 3.05) is 50.9 Å². The summed E-state index contributed by atoms with van der Waals surface area (Å²) >= 11 is 0. The van der Waals surface area contributed by atoms with E-state index in [9.17, 15) is 0 Å². The van der Waals surface area contributed by atoms with Crippen LogP contribution in [0.2, 0.25) is 0 Å². The van der Waals surface area contributed by atoms with Crippen molar-refractivity contribution < 1.29 is 9.47 Å². The van der Waals surface area contributed by atoms with E-state index < -0.39 is 0 Å². The second-order valence-corrected chi connectivity index (χ2v) is 7.01. The molecular weight excluding hydrogens is 364 g/mol. The number of benzene rings is 2. The number of nitrogens with zero attached hydrogens (tertiary/aromatic N) is 2. The summed E-state index contributed by atoms with van der Waals surface area (Å²) in [5.74, 6) is 1.69. The van der Waals surface area contributed by atoms with Gasteiger partial charge in [-0.25, -0.2) is 4.99 Å². The van der Waals surface area contributed by atoms with Crippen LogP contribution in [0.15, 0.2) is 53.5 Å². The van der Waals surface area contributed by atoms with Crippen molar-refractivity contribution >= 4 is 11.6 Å². The highest BCUT2D eigenvalue weighted by Crippen LogP contribution is 2.22. The fourth-order valence-corrected chi connectivity index (χ4v) is 3.24. The molecule has 2 aromatic carbocycles. The molecule has 0 radical (unpaired) electrons. The molecule has 6 nitrogen and oxygen atoms in total. The number of hydrogen-bond acceptors (Lipinski definition) is 4. The SMILES string of the molecule is CCNC(=NCc1ccccc1N1CCOCC1)NCCOc1ccc(C)cc1. The predicted molar refractivity (Wildman–Crippen MR) is 119 cm³/mol. The lowest BCUT2D eigenvalue weighted by atomic mass is 10.1. The summed E-state index contributed by atoms with van der Waals surface area (Å²) in [5, 5.41) is 6.66. The molecule has 1 aliphatic heterocycles. The zero-order chi connectivity index (χ0) is 20.3. The van der Waals surface area contributed by atoms with Crippen LogP contribution in [0.4, 0.5) is 5.69 Å². The number of rotatable bonds is 8. The van der Waals surface area contributed by atoms with E-state index in [4.69, 9.17) is 14.5 Å². The molecule has 1 fully saturated rings. The van der Waals surface area contributed by atoms with E-state index in [1.807, 2.05) is 12.1 Å². The molecule has 0 bridgehead atoms. The van der Waals surface area contributed by atoms with Crippen molar-refractivity contribution in [3.63, 3.8) is 0 Å². The van der Waals surface area contributed by atoms with Gasteiger partial charge in [-0.1, -0.05) is 35.9 Å². The molecule has 0 aliphatic carbocycles. The molecule has 0 amide bonds. The maximum absolute atomic E-state index is 5.79. The Morgan fingerprint density at radius 3 is 2.59 bits per heavy atom. The van der Waals surface area contributed by atoms with Crippen LogP contribution in [0.1, 0.15) is 18.1 Å². The van der Waals surface area contributed by atoms with Gasteiger partial charge in [-0.2, -0.15) is 0 Å². The van der Waals surface area contributed by atoms with Gasteiger partial charge in [0.05, 0.1) is 26.3 Å². The standard InChI is InChI=1S/C23H32N4O2/c1-3-24-23(25-12-15-29-21-10-8-19(2)9-11-21)26-18-20-6-4-5-7-22(20)27-13-16-28-17-14-27/h4-11H,3,12-18H2,1-2H3,(H2,24,25,26). The first kappa shape index (κ1) is 21.0. The van der Waals surface area contributed by atoms with E-state index in [0.717, 1.165) is 44.6 Å². The Morgan fingerprint density at radius 1 is 1.07 bits per heavy atom. The molecule has 156 valence electrons. The second kappa shape index (κ2) is 11.3. The zero-order valence-corrected chi connectivity index (χ0v) is 17.5. The van der Waals surface area contributed by atoms with Gasteiger partial charge in [-0.3, -0.25) is 0 Å². The van der Waals surface area contributed by atoms with E-state index >= 15 is 0 Å². The lowest BCUT2D eigenvalue weighted by Crippen LogP contribution is -2.39. The molecule has 0 unspecified atom stereocenters. The number of morpholine rings is 1. The summed E-state index contributed by atoms with van der Waals surface area (Å²) in [5.41, 5.74) is 3.70. The van der Waals surface area contributed by atoms with Gasteiger partial charge in [-0.05, 0) is 37.6 Å². The van der Waals surface area contributed by atoms with E-state index in [-0.39, 0.29) is 0 Å². The third-order valence-corrected chi connectivity index (χ3v) is 4.78. The normalized spacial score (nSPS) is 14.6. The third kappa shape index (κ3) is 6.68. The van der Waals surface area contributed by atoms with Crippen molar-refractivity contribution in [1.29, 1.82) is 0 Å². The highest BCUT2D eigenvalue weighted by atomic mass is 16.5. The first-order valence-electron chi connectivity index (χ1n) is 10.4. The minimum atomic E-state index is 0.581. The number of guanidine groups is 1. The van der Waals surface area contributed by atoms with Crippen LogP contribution in [0.5, 0.6) is 5.75 Å². The van der Waals surface area contributed by atoms with E-state index in [0.29, 0.717) is 19.7 Å². The van der Waals surface area contributed by atoms with Gasteiger partial charge in [0.1, 0.15) is 12.4 Å². The Labute approximate surface area is 173 Å². The average molecular weight is 397 g/mol. The summed E-state index contributed by atoms with van der Waals surface area (Å²) < 4.78 is 11.3. The third-order valence-electron chi connectivity index (χ3n) is 4.78. The Bertz CT molecular complexity index is 771. The summed E-state index contributed by atoms with van der Waals surface area (Å²) in [6.07, 6.45) is 0. The number of para-hydroxylation sites is 1. The maximum atomic E-state index is 5.79. The smallest absolute Gasteiger partial charge is 0.191 e. The van der Waals surface area contributed by atoms with Crippen LogP contribution in [-0.4, -0.2) is 52.0 Å². The quantitative estimate of drug-likeness (QED) is 0.408. The molecular formula is C23H32N4O2. The van der Waals surface area contributed by atoms with Crippen LogP contribution in [0.25, 0.3) is 0 Å². The Hall–Kier alpha value is -2.73. The number of nitrogens with one attached hydrogen (secondary N) is 2. The summed E-state index contributed by atoms with van der Waals surface area (Å²) in [4.78, 5) is 7.16. The molecule has 0 spiro atoms. The van der Waals surface area contributed by atoms with Crippen molar-refractivity contribution in [3.8, 4) is 5.75 Å². The van der Waals surface area contributed by atoms with Gasteiger partial charge in [0.15, 0.2) is 5.96 Å². The summed E-state index contributed by atoms with van der Waals surface area (Å²) in [7, 11) is 0. The minimum absolute atomic E-state index is 0.581. The number of aryl methyl sites for hydroxylation is 1. The van der Waals surface area contributed by atoms with Crippen LogP contribution < -0.4 is 20.3 Å². The highest BCUT2D eigenvalue weighted by molar-refractivity contribution is 5.79. The number of anilines is 1. The summed E-state index contributed by atoms with van der Waals surface area (Å²) in [6, 6.07) is 16.6. The largest absolute Gasteiger partial charge is 0.492 e. The molecule has 3 rings (SSSR count). The van der Waals surface area contributed by atoms with Gasteiger partial charge < -0.3 is 25.0 Å². The van der Waals surface area contributed by atoms with Crippen LogP contribution in [-0.2, 0) is 11.3 Å². The molecule has 2 N–H and O–H groups in total. The fraction of sp³-hybridized carbons (Fsp3) is 0.435. The van der Waals surface area contributed by atoms with Crippen molar-refractivity contribution in [2.24, 2.45) is 4.99 Å². The van der Waals surface area contributed by atoms with Gasteiger partial charge >= 0.3 is 0 Å². The van der Waals surface area contributed by atoms with Crippen molar-refractivity contribution in [2.45, 2.75) is 20.4 Å². The van der Waals surface area contributed by atoms with E-state index in [1.165, 1.54) is 16.8 Å². The molecule has 0 atom stereocenters. The maximum Gasteiger partial charge on any atom is 0.191 e. The van der Waals surface area contributed by atoms with Crippen LogP contribution >= 0.6 is 0 Å². The molecule has 0 aromatic heterocycles. The molecule has 1 aliphatic rings. The van der Waals surface area contributed by atoms with Crippen LogP contribution in [0, 0.1) is 6.92 Å². The number of hydrogen-bond donors (Lipinski definition) is 2. The molecule has 2 aromatic rings. The van der Waals surface area contributed by atoms with Crippen molar-refractivity contribution in [3.05, 3.63) is 59.7 Å². The van der Waals surface area contributed by atoms with Crippen molar-refractivity contribution in [1.82, 2.24) is 10.6 Å². The number of ether oxygens (including phenoxy) is 2. The Morgan fingerprint density at radius 2 is 1.83 bits per heavy atom. The van der Waals surface area contributed by atoms with Gasteiger partial charge in [-0.15, -0.1) is 0 Å². The van der Waals surface area contributed by atoms with E-state index in [1.54, 1.807) is 0 Å². The van der Waals surface area contributed by atoms with Gasteiger partial charge in [0.25, 0.3) is 0 Å². The molecule has 0 saturated carbocycles. The monoisotopic (exact) mass is 396 g/mol. The predicted octanol–water partition coefficient (Wildman–Crippen LogP) is 2.97. The molecule has 6 heteroatoms. The summed E-state index contributed by atoms with van der Waals surface area (Å²) in [6.45, 7) is 10.3. The Balaban J connectivity index is 1.54. The topological polar surface area (TPSA) is 58.1 Å². The lowest BCUT2D eigenvalue weighted by molar-refractivity contribution is 0.122. The minimum Gasteiger partial charge on any atom is -0.492 e. The van der Waals surface area contributed by atoms with Crippen LogP contribution in [0.3, 0.4) is 0 Å². The Kier molecular flexibility index (Phi) is 8.19. The van der Waals surface area contributed by atoms with E-state index in [2.05, 4.69) is 65.8 Å². The molecule has 29 heavy (non-hydrogen) atoms. The average Bonchev–Trinajstić information content (AvgIpc) is 2.77.